The molecule has 0 fully saturated rings. The molecule has 3 aromatic rings. The number of aromatic amines is 1. The first-order chi connectivity index (χ1) is 14.3. The van der Waals surface area contributed by atoms with Gasteiger partial charge in [0, 0.05) is 36.5 Å². The summed E-state index contributed by atoms with van der Waals surface area (Å²) in [6.07, 6.45) is 2.12. The third kappa shape index (κ3) is 5.34. The Balaban J connectivity index is 1.63. The Morgan fingerprint density at radius 3 is 2.63 bits per heavy atom. The number of para-hydroxylation sites is 1. The molecule has 2 aromatic carbocycles. The van der Waals surface area contributed by atoms with E-state index in [1.54, 1.807) is 6.92 Å². The average molecular weight is 415 g/mol. The van der Waals surface area contributed by atoms with Gasteiger partial charge < -0.3 is 20.4 Å². The molecule has 8 heteroatoms. The van der Waals surface area contributed by atoms with E-state index in [1.807, 2.05) is 30.5 Å². The molecule has 0 saturated carbocycles. The molecule has 30 heavy (non-hydrogen) atoms. The van der Waals surface area contributed by atoms with E-state index in [0.717, 1.165) is 28.6 Å². The van der Waals surface area contributed by atoms with Gasteiger partial charge in [-0.3, -0.25) is 9.59 Å². The second-order valence-corrected chi connectivity index (χ2v) is 7.11. The first kappa shape index (κ1) is 21.3. The highest BCUT2D eigenvalue weighted by Crippen LogP contribution is 2.20. The molecular formula is C22H23F2N3O3. The molecule has 3 rings (SSSR count). The van der Waals surface area contributed by atoms with Crippen LogP contribution in [0.25, 0.3) is 10.9 Å². The fraction of sp³-hybridized carbons (Fsp3) is 0.273. The molecule has 1 heterocycles. The molecule has 3 N–H and O–H groups in total. The minimum absolute atomic E-state index is 0.0197. The van der Waals surface area contributed by atoms with Gasteiger partial charge in [0.1, 0.15) is 18.5 Å². The number of hydrogen-bond acceptors (Lipinski definition) is 3. The molecule has 0 radical (unpaired) electrons. The number of carbonyl (C=O) groups excluding carboxylic acids is 2. The summed E-state index contributed by atoms with van der Waals surface area (Å²) in [4.78, 5) is 27.5. The van der Waals surface area contributed by atoms with Crippen molar-refractivity contribution in [1.29, 1.82) is 0 Å². The van der Waals surface area contributed by atoms with Crippen LogP contribution in [-0.4, -0.2) is 35.5 Å². The van der Waals surface area contributed by atoms with Crippen LogP contribution in [0.2, 0.25) is 0 Å². The van der Waals surface area contributed by atoms with Crippen molar-refractivity contribution in [1.82, 2.24) is 15.6 Å². The van der Waals surface area contributed by atoms with E-state index < -0.39 is 23.7 Å². The highest BCUT2D eigenvalue weighted by Gasteiger charge is 2.23. The lowest BCUT2D eigenvalue weighted by Crippen LogP contribution is -2.50. The third-order valence-electron chi connectivity index (χ3n) is 4.56. The van der Waals surface area contributed by atoms with E-state index >= 15 is 0 Å². The number of nitrogens with one attached hydrogen (secondary N) is 3. The van der Waals surface area contributed by atoms with Crippen LogP contribution in [0, 0.1) is 11.6 Å². The number of halogens is 2. The third-order valence-corrected chi connectivity index (χ3v) is 4.56. The van der Waals surface area contributed by atoms with Crippen LogP contribution in [0.3, 0.4) is 0 Å². The van der Waals surface area contributed by atoms with Gasteiger partial charge in [0.2, 0.25) is 11.8 Å². The molecule has 0 bridgehead atoms. The zero-order chi connectivity index (χ0) is 21.7. The van der Waals surface area contributed by atoms with E-state index in [-0.39, 0.29) is 24.2 Å². The van der Waals surface area contributed by atoms with E-state index in [2.05, 4.69) is 15.6 Å². The summed E-state index contributed by atoms with van der Waals surface area (Å²) in [6, 6.07) is 9.44. The lowest BCUT2D eigenvalue weighted by Gasteiger charge is -2.21. The van der Waals surface area contributed by atoms with Gasteiger partial charge in [-0.15, -0.1) is 0 Å². The number of benzene rings is 2. The molecule has 2 atom stereocenters. The Morgan fingerprint density at radius 1 is 1.13 bits per heavy atom. The van der Waals surface area contributed by atoms with Crippen molar-refractivity contribution in [3.05, 3.63) is 65.9 Å². The standard InChI is InChI=1S/C22H23F2N3O3/c1-13(12-30-21-8-7-16(23)10-18(21)24)26-22(29)20(27-14(2)28)9-15-11-25-19-6-4-3-5-17(15)19/h3-8,10-11,13,20,25H,9,12H2,1-2H3,(H,26,29)(H,27,28). The number of amides is 2. The molecular weight excluding hydrogens is 392 g/mol. The first-order valence-electron chi connectivity index (χ1n) is 9.54. The zero-order valence-electron chi connectivity index (χ0n) is 16.7. The van der Waals surface area contributed by atoms with Crippen molar-refractivity contribution in [3.63, 3.8) is 0 Å². The first-order valence-corrected chi connectivity index (χ1v) is 9.54. The number of H-pyrrole nitrogens is 1. The van der Waals surface area contributed by atoms with Crippen LogP contribution < -0.4 is 15.4 Å². The van der Waals surface area contributed by atoms with Gasteiger partial charge in [0.25, 0.3) is 0 Å². The molecule has 2 amide bonds. The van der Waals surface area contributed by atoms with E-state index in [0.29, 0.717) is 6.42 Å². The number of aromatic nitrogens is 1. The Kier molecular flexibility index (Phi) is 6.66. The van der Waals surface area contributed by atoms with Gasteiger partial charge in [-0.25, -0.2) is 8.78 Å². The zero-order valence-corrected chi connectivity index (χ0v) is 16.7. The Bertz CT molecular complexity index is 1050. The smallest absolute Gasteiger partial charge is 0.243 e. The molecule has 2 unspecified atom stereocenters. The SMILES string of the molecule is CC(=O)NC(Cc1c[nH]c2ccccc12)C(=O)NC(C)COc1ccc(F)cc1F. The summed E-state index contributed by atoms with van der Waals surface area (Å²) >= 11 is 0. The van der Waals surface area contributed by atoms with Crippen LogP contribution in [0.4, 0.5) is 8.78 Å². The Morgan fingerprint density at radius 2 is 1.90 bits per heavy atom. The van der Waals surface area contributed by atoms with Crippen molar-refractivity contribution in [2.24, 2.45) is 0 Å². The van der Waals surface area contributed by atoms with Crippen LogP contribution >= 0.6 is 0 Å². The minimum atomic E-state index is -0.816. The monoisotopic (exact) mass is 415 g/mol. The summed E-state index contributed by atoms with van der Waals surface area (Å²) < 4.78 is 32.0. The quantitative estimate of drug-likeness (QED) is 0.529. The molecule has 0 aliphatic heterocycles. The summed E-state index contributed by atoms with van der Waals surface area (Å²) in [7, 11) is 0. The van der Waals surface area contributed by atoms with E-state index in [1.165, 1.54) is 13.0 Å². The van der Waals surface area contributed by atoms with Gasteiger partial charge in [0.15, 0.2) is 11.6 Å². The van der Waals surface area contributed by atoms with Crippen molar-refractivity contribution in [3.8, 4) is 5.75 Å². The lowest BCUT2D eigenvalue weighted by atomic mass is 10.0. The molecule has 158 valence electrons. The van der Waals surface area contributed by atoms with Crippen molar-refractivity contribution < 1.29 is 23.1 Å². The van der Waals surface area contributed by atoms with Crippen LogP contribution in [0.15, 0.2) is 48.7 Å². The Hall–Kier alpha value is -3.42. The van der Waals surface area contributed by atoms with Crippen LogP contribution in [0.5, 0.6) is 5.75 Å². The molecule has 1 aromatic heterocycles. The molecule has 0 aliphatic rings. The maximum absolute atomic E-state index is 13.7. The number of hydrogen-bond donors (Lipinski definition) is 3. The van der Waals surface area contributed by atoms with E-state index in [4.69, 9.17) is 4.74 Å². The highest BCUT2D eigenvalue weighted by molar-refractivity contribution is 5.89. The number of carbonyl (C=O) groups is 2. The fourth-order valence-corrected chi connectivity index (χ4v) is 3.17. The average Bonchev–Trinajstić information content (AvgIpc) is 3.09. The number of rotatable bonds is 8. The molecule has 0 saturated heterocycles. The van der Waals surface area contributed by atoms with Gasteiger partial charge in [-0.1, -0.05) is 18.2 Å². The van der Waals surface area contributed by atoms with Gasteiger partial charge in [-0.05, 0) is 30.7 Å². The van der Waals surface area contributed by atoms with Gasteiger partial charge in [0.05, 0.1) is 6.04 Å². The predicted molar refractivity (Wildman–Crippen MR) is 109 cm³/mol. The molecule has 0 aliphatic carbocycles. The normalized spacial score (nSPS) is 12.9. The maximum Gasteiger partial charge on any atom is 0.243 e. The van der Waals surface area contributed by atoms with Crippen molar-refractivity contribution in [2.75, 3.05) is 6.61 Å². The number of ether oxygens (including phenoxy) is 1. The van der Waals surface area contributed by atoms with Gasteiger partial charge >= 0.3 is 0 Å². The number of fused-ring (bicyclic) bond motifs is 1. The van der Waals surface area contributed by atoms with Crippen molar-refractivity contribution >= 4 is 22.7 Å². The van der Waals surface area contributed by atoms with Gasteiger partial charge in [-0.2, -0.15) is 0 Å². The Labute approximate surface area is 172 Å². The van der Waals surface area contributed by atoms with Crippen LogP contribution in [0.1, 0.15) is 19.4 Å². The largest absolute Gasteiger partial charge is 0.488 e. The second kappa shape index (κ2) is 9.39. The molecule has 0 spiro atoms. The minimum Gasteiger partial charge on any atom is -0.488 e. The molecule has 6 nitrogen and oxygen atoms in total. The lowest BCUT2D eigenvalue weighted by molar-refractivity contribution is -0.128. The van der Waals surface area contributed by atoms with Crippen LogP contribution in [-0.2, 0) is 16.0 Å². The fourth-order valence-electron chi connectivity index (χ4n) is 3.17. The summed E-state index contributed by atoms with van der Waals surface area (Å²) in [5.41, 5.74) is 1.84. The summed E-state index contributed by atoms with van der Waals surface area (Å²) in [5, 5.41) is 6.41. The highest BCUT2D eigenvalue weighted by atomic mass is 19.1. The van der Waals surface area contributed by atoms with E-state index in [9.17, 15) is 18.4 Å². The second-order valence-electron chi connectivity index (χ2n) is 7.11. The van der Waals surface area contributed by atoms with Crippen molar-refractivity contribution in [2.45, 2.75) is 32.4 Å². The summed E-state index contributed by atoms with van der Waals surface area (Å²) in [6.45, 7) is 3.02. The predicted octanol–water partition coefficient (Wildman–Crippen LogP) is 3.08. The summed E-state index contributed by atoms with van der Waals surface area (Å²) in [5.74, 6) is -2.33. The maximum atomic E-state index is 13.7. The topological polar surface area (TPSA) is 83.2 Å².